The van der Waals surface area contributed by atoms with E-state index in [0.29, 0.717) is 23.8 Å². The molecule has 1 aliphatic rings. The van der Waals surface area contributed by atoms with Crippen molar-refractivity contribution in [1.29, 1.82) is 0 Å². The van der Waals surface area contributed by atoms with Crippen LogP contribution in [0, 0.1) is 0 Å². The number of rotatable bonds is 7. The van der Waals surface area contributed by atoms with E-state index in [-0.39, 0.29) is 12.3 Å². The van der Waals surface area contributed by atoms with E-state index in [4.69, 9.17) is 9.41 Å². The van der Waals surface area contributed by atoms with Crippen molar-refractivity contribution in [2.24, 2.45) is 4.99 Å². The lowest BCUT2D eigenvalue weighted by Gasteiger charge is -2.25. The van der Waals surface area contributed by atoms with Crippen LogP contribution in [0.5, 0.6) is 0 Å². The minimum absolute atomic E-state index is 0.0435. The molecule has 3 aromatic carbocycles. The van der Waals surface area contributed by atoms with Crippen molar-refractivity contribution in [2.45, 2.75) is 19.2 Å². The molecule has 174 valence electrons. The zero-order valence-corrected chi connectivity index (χ0v) is 19.0. The average molecular weight is 464 g/mol. The Bertz CT molecular complexity index is 1330. The van der Waals surface area contributed by atoms with Crippen LogP contribution in [-0.2, 0) is 17.8 Å². The van der Waals surface area contributed by atoms with Crippen molar-refractivity contribution >= 4 is 23.5 Å². The zero-order chi connectivity index (χ0) is 24.0. The van der Waals surface area contributed by atoms with Crippen LogP contribution in [-0.4, -0.2) is 23.1 Å². The molecule has 0 spiro atoms. The largest absolute Gasteiger partial charge is 0.465 e. The molecular formula is C29H25N3O3. The van der Waals surface area contributed by atoms with Gasteiger partial charge in [-0.05, 0) is 35.4 Å². The average Bonchev–Trinajstić information content (AvgIpc) is 3.53. The van der Waals surface area contributed by atoms with E-state index in [9.17, 15) is 9.90 Å². The highest BCUT2D eigenvalue weighted by Gasteiger charge is 2.32. The van der Waals surface area contributed by atoms with E-state index in [0.717, 1.165) is 22.4 Å². The van der Waals surface area contributed by atoms with E-state index in [1.807, 2.05) is 91.0 Å². The molecule has 0 saturated carbocycles. The Morgan fingerprint density at radius 1 is 0.914 bits per heavy atom. The van der Waals surface area contributed by atoms with Crippen LogP contribution in [0.25, 0.3) is 6.08 Å². The SMILES string of the molecule is O=C(Cc1ccc(N2C(c3ccccc3)=N/C(=C\c3ccco3)C2O)cc1)NCc1ccccc1. The molecule has 0 fully saturated rings. The van der Waals surface area contributed by atoms with Gasteiger partial charge in [0.2, 0.25) is 5.91 Å². The maximum Gasteiger partial charge on any atom is 0.224 e. The van der Waals surface area contributed by atoms with Crippen molar-refractivity contribution in [3.8, 4) is 0 Å². The standard InChI is InChI=1S/C29H25N3O3/c33-27(30-20-22-8-3-1-4-9-22)18-21-13-15-24(16-14-21)32-28(23-10-5-2-6-11-23)31-26(29(32)34)19-25-12-7-17-35-25/h1-17,19,29,34H,18,20H2,(H,30,33)/b26-19-. The first-order valence-electron chi connectivity index (χ1n) is 11.4. The first-order valence-corrected chi connectivity index (χ1v) is 11.4. The van der Waals surface area contributed by atoms with Gasteiger partial charge in [0.1, 0.15) is 11.6 Å². The van der Waals surface area contributed by atoms with E-state index in [1.54, 1.807) is 23.3 Å². The summed E-state index contributed by atoms with van der Waals surface area (Å²) in [6.07, 6.45) is 2.62. The number of aliphatic imine (C=N–C) groups is 1. The van der Waals surface area contributed by atoms with Crippen LogP contribution in [0.4, 0.5) is 5.69 Å². The third-order valence-corrected chi connectivity index (χ3v) is 5.75. The second kappa shape index (κ2) is 10.2. The van der Waals surface area contributed by atoms with Gasteiger partial charge in [0.05, 0.1) is 18.4 Å². The third-order valence-electron chi connectivity index (χ3n) is 5.75. The molecule has 5 rings (SSSR count). The van der Waals surface area contributed by atoms with Crippen LogP contribution in [0.1, 0.15) is 22.5 Å². The number of furan rings is 1. The molecule has 0 radical (unpaired) electrons. The summed E-state index contributed by atoms with van der Waals surface area (Å²) >= 11 is 0. The molecule has 4 aromatic rings. The van der Waals surface area contributed by atoms with Gasteiger partial charge in [0, 0.05) is 23.9 Å². The summed E-state index contributed by atoms with van der Waals surface area (Å²) in [5.74, 6) is 1.22. The summed E-state index contributed by atoms with van der Waals surface area (Å²) in [6, 6.07) is 30.8. The van der Waals surface area contributed by atoms with Gasteiger partial charge in [-0.25, -0.2) is 4.99 Å². The predicted octanol–water partition coefficient (Wildman–Crippen LogP) is 4.76. The Kier molecular flexibility index (Phi) is 6.55. The van der Waals surface area contributed by atoms with Gasteiger partial charge in [-0.3, -0.25) is 9.69 Å². The number of hydrogen-bond acceptors (Lipinski definition) is 5. The van der Waals surface area contributed by atoms with Crippen molar-refractivity contribution < 1.29 is 14.3 Å². The second-order valence-corrected chi connectivity index (χ2v) is 8.24. The summed E-state index contributed by atoms with van der Waals surface area (Å²) in [4.78, 5) is 18.9. The molecule has 1 aromatic heterocycles. The predicted molar refractivity (Wildman–Crippen MR) is 137 cm³/mol. The molecule has 35 heavy (non-hydrogen) atoms. The lowest BCUT2D eigenvalue weighted by atomic mass is 10.1. The Morgan fingerprint density at radius 3 is 2.31 bits per heavy atom. The summed E-state index contributed by atoms with van der Waals surface area (Å²) < 4.78 is 5.41. The van der Waals surface area contributed by atoms with Crippen molar-refractivity contribution in [2.75, 3.05) is 4.90 Å². The summed E-state index contributed by atoms with van der Waals surface area (Å²) in [5.41, 5.74) is 4.10. The van der Waals surface area contributed by atoms with Gasteiger partial charge in [-0.1, -0.05) is 72.8 Å². The Labute approximate surface area is 203 Å². The Morgan fingerprint density at radius 2 is 1.63 bits per heavy atom. The molecule has 1 aliphatic heterocycles. The van der Waals surface area contributed by atoms with Gasteiger partial charge >= 0.3 is 0 Å². The molecule has 0 bridgehead atoms. The van der Waals surface area contributed by atoms with Crippen LogP contribution >= 0.6 is 0 Å². The first kappa shape index (κ1) is 22.4. The number of aliphatic hydroxyl groups excluding tert-OH is 1. The lowest BCUT2D eigenvalue weighted by molar-refractivity contribution is -0.120. The maximum atomic E-state index is 12.4. The number of nitrogens with one attached hydrogen (secondary N) is 1. The number of amidine groups is 1. The third kappa shape index (κ3) is 5.23. The summed E-state index contributed by atoms with van der Waals surface area (Å²) in [7, 11) is 0. The van der Waals surface area contributed by atoms with Gasteiger partial charge in [-0.15, -0.1) is 0 Å². The highest BCUT2D eigenvalue weighted by atomic mass is 16.3. The minimum Gasteiger partial charge on any atom is -0.465 e. The van der Waals surface area contributed by atoms with Crippen molar-refractivity contribution in [3.05, 3.63) is 131 Å². The summed E-state index contributed by atoms with van der Waals surface area (Å²) in [6.45, 7) is 0.499. The highest BCUT2D eigenvalue weighted by Crippen LogP contribution is 2.31. The molecular weight excluding hydrogens is 438 g/mol. The van der Waals surface area contributed by atoms with E-state index in [1.165, 1.54) is 0 Å². The molecule has 6 nitrogen and oxygen atoms in total. The van der Waals surface area contributed by atoms with E-state index in [2.05, 4.69) is 5.32 Å². The molecule has 0 aliphatic carbocycles. The fourth-order valence-corrected chi connectivity index (χ4v) is 3.98. The molecule has 0 saturated heterocycles. The number of carbonyl (C=O) groups is 1. The van der Waals surface area contributed by atoms with Gasteiger partial charge in [0.15, 0.2) is 6.23 Å². The summed E-state index contributed by atoms with van der Waals surface area (Å²) in [5, 5.41) is 14.1. The van der Waals surface area contributed by atoms with Gasteiger partial charge in [0.25, 0.3) is 0 Å². The highest BCUT2D eigenvalue weighted by molar-refractivity contribution is 6.13. The Hall–Kier alpha value is -4.42. The number of benzene rings is 3. The normalized spacial score (nSPS) is 16.4. The van der Waals surface area contributed by atoms with Crippen LogP contribution in [0.2, 0.25) is 0 Å². The van der Waals surface area contributed by atoms with Gasteiger partial charge in [-0.2, -0.15) is 0 Å². The molecule has 6 heteroatoms. The van der Waals surface area contributed by atoms with E-state index >= 15 is 0 Å². The number of hydrogen-bond donors (Lipinski definition) is 2. The molecule has 1 amide bonds. The number of nitrogens with zero attached hydrogens (tertiary/aromatic N) is 2. The topological polar surface area (TPSA) is 78.1 Å². The second-order valence-electron chi connectivity index (χ2n) is 8.24. The quantitative estimate of drug-likeness (QED) is 0.414. The van der Waals surface area contributed by atoms with Crippen LogP contribution < -0.4 is 10.2 Å². The van der Waals surface area contributed by atoms with Crippen LogP contribution in [0.15, 0.2) is 118 Å². The maximum absolute atomic E-state index is 12.4. The Balaban J connectivity index is 1.34. The van der Waals surface area contributed by atoms with Crippen molar-refractivity contribution in [3.63, 3.8) is 0 Å². The minimum atomic E-state index is -0.977. The van der Waals surface area contributed by atoms with E-state index < -0.39 is 6.23 Å². The fourth-order valence-electron chi connectivity index (χ4n) is 3.98. The zero-order valence-electron chi connectivity index (χ0n) is 19.0. The fraction of sp³-hybridized carbons (Fsp3) is 0.103. The first-order chi connectivity index (χ1) is 17.2. The molecule has 2 N–H and O–H groups in total. The smallest absolute Gasteiger partial charge is 0.224 e. The molecule has 2 heterocycles. The van der Waals surface area contributed by atoms with Crippen LogP contribution in [0.3, 0.4) is 0 Å². The molecule has 1 unspecified atom stereocenters. The number of anilines is 1. The van der Waals surface area contributed by atoms with Gasteiger partial charge < -0.3 is 14.8 Å². The number of amides is 1. The van der Waals surface area contributed by atoms with Crippen molar-refractivity contribution in [1.82, 2.24) is 5.32 Å². The number of carbonyl (C=O) groups excluding carboxylic acids is 1. The number of aliphatic hydroxyl groups is 1. The molecule has 1 atom stereocenters. The monoisotopic (exact) mass is 463 g/mol. The lowest BCUT2D eigenvalue weighted by Crippen LogP contribution is -2.36.